The molecule has 2 atom stereocenters. The molecule has 0 aromatic carbocycles. The van der Waals surface area contributed by atoms with Gasteiger partial charge in [-0.1, -0.05) is 32.6 Å². The van der Waals surface area contributed by atoms with Gasteiger partial charge in [-0.05, 0) is 62.8 Å². The number of hydrogen-bond acceptors (Lipinski definition) is 2. The summed E-state index contributed by atoms with van der Waals surface area (Å²) in [6.07, 6.45) is 14.6. The van der Waals surface area contributed by atoms with E-state index in [0.717, 1.165) is 23.8 Å². The van der Waals surface area contributed by atoms with E-state index in [1.807, 2.05) is 0 Å². The van der Waals surface area contributed by atoms with Crippen molar-refractivity contribution in [3.05, 3.63) is 0 Å². The van der Waals surface area contributed by atoms with E-state index in [1.54, 1.807) is 0 Å². The highest BCUT2D eigenvalue weighted by atomic mass is 15.2. The van der Waals surface area contributed by atoms with E-state index >= 15 is 0 Å². The van der Waals surface area contributed by atoms with Crippen LogP contribution in [0.2, 0.25) is 0 Å². The number of rotatable bonds is 7. The topological polar surface area (TPSA) is 15.3 Å². The second-order valence-electron chi connectivity index (χ2n) is 8.16. The molecule has 2 nitrogen and oxygen atoms in total. The minimum absolute atomic E-state index is 0.775. The van der Waals surface area contributed by atoms with Crippen LogP contribution in [0, 0.1) is 17.8 Å². The Labute approximate surface area is 132 Å². The number of likely N-dealkylation sites (tertiary alicyclic amines) is 1. The van der Waals surface area contributed by atoms with Crippen molar-refractivity contribution in [2.75, 3.05) is 26.2 Å². The van der Waals surface area contributed by atoms with Crippen molar-refractivity contribution >= 4 is 0 Å². The van der Waals surface area contributed by atoms with Crippen LogP contribution >= 0.6 is 0 Å². The molecule has 2 saturated carbocycles. The predicted octanol–water partition coefficient (Wildman–Crippen LogP) is 4.06. The smallest absolute Gasteiger partial charge is 0.0198 e. The van der Waals surface area contributed by atoms with Crippen molar-refractivity contribution in [2.24, 2.45) is 17.8 Å². The molecule has 2 aliphatic carbocycles. The van der Waals surface area contributed by atoms with Crippen molar-refractivity contribution in [3.63, 3.8) is 0 Å². The van der Waals surface area contributed by atoms with Crippen molar-refractivity contribution in [3.8, 4) is 0 Å². The first kappa shape index (κ1) is 15.8. The Balaban J connectivity index is 1.47. The lowest BCUT2D eigenvalue weighted by molar-refractivity contribution is 0.114. The van der Waals surface area contributed by atoms with Crippen molar-refractivity contribution in [1.29, 1.82) is 0 Å². The lowest BCUT2D eigenvalue weighted by Gasteiger charge is -2.40. The molecule has 1 N–H and O–H groups in total. The number of nitrogens with zero attached hydrogens (tertiary/aromatic N) is 1. The van der Waals surface area contributed by atoms with Crippen molar-refractivity contribution in [1.82, 2.24) is 10.2 Å². The number of hydrogen-bond donors (Lipinski definition) is 1. The molecule has 0 bridgehead atoms. The number of nitrogens with one attached hydrogen (secondary N) is 1. The highest BCUT2D eigenvalue weighted by Gasteiger charge is 2.29. The maximum absolute atomic E-state index is 3.93. The van der Waals surface area contributed by atoms with Crippen LogP contribution in [0.15, 0.2) is 0 Å². The van der Waals surface area contributed by atoms with E-state index in [0.29, 0.717) is 0 Å². The predicted molar refractivity (Wildman–Crippen MR) is 90.5 cm³/mol. The van der Waals surface area contributed by atoms with E-state index in [4.69, 9.17) is 0 Å². The fraction of sp³-hybridized carbons (Fsp3) is 1.00. The average molecular weight is 293 g/mol. The molecular weight excluding hydrogens is 256 g/mol. The standard InChI is InChI=1S/C19H36N2/c1-2-6-18-11-19(20-12-16-9-5-10-16)15-21(14-18)13-17-7-3-4-8-17/h16-20H,2-15H2,1H3. The lowest BCUT2D eigenvalue weighted by atomic mass is 9.84. The van der Waals surface area contributed by atoms with Crippen molar-refractivity contribution < 1.29 is 0 Å². The van der Waals surface area contributed by atoms with E-state index in [-0.39, 0.29) is 0 Å². The molecule has 1 heterocycles. The fourth-order valence-electron chi connectivity index (χ4n) is 4.81. The zero-order chi connectivity index (χ0) is 14.5. The SMILES string of the molecule is CCCC1CC(NCC2CCC2)CN(CC2CCCC2)C1. The van der Waals surface area contributed by atoms with Gasteiger partial charge in [0.15, 0.2) is 0 Å². The van der Waals surface area contributed by atoms with E-state index < -0.39 is 0 Å². The Morgan fingerprint density at radius 3 is 2.33 bits per heavy atom. The molecule has 21 heavy (non-hydrogen) atoms. The minimum atomic E-state index is 0.775. The third-order valence-electron chi connectivity index (χ3n) is 6.22. The van der Waals surface area contributed by atoms with Gasteiger partial charge in [-0.25, -0.2) is 0 Å². The molecular formula is C19H36N2. The molecule has 1 aliphatic heterocycles. The fourth-order valence-corrected chi connectivity index (χ4v) is 4.81. The van der Waals surface area contributed by atoms with Crippen LogP contribution in [0.3, 0.4) is 0 Å². The van der Waals surface area contributed by atoms with E-state index in [9.17, 15) is 0 Å². The van der Waals surface area contributed by atoms with Crippen LogP contribution in [0.4, 0.5) is 0 Å². The zero-order valence-corrected chi connectivity index (χ0v) is 14.2. The highest BCUT2D eigenvalue weighted by Crippen LogP contribution is 2.29. The lowest BCUT2D eigenvalue weighted by Crippen LogP contribution is -2.51. The maximum Gasteiger partial charge on any atom is 0.0198 e. The summed E-state index contributed by atoms with van der Waals surface area (Å²) in [4.78, 5) is 2.82. The Hall–Kier alpha value is -0.0800. The molecule has 3 rings (SSSR count). The number of piperidine rings is 1. The normalized spacial score (nSPS) is 32.4. The third kappa shape index (κ3) is 4.69. The van der Waals surface area contributed by atoms with E-state index in [2.05, 4.69) is 17.1 Å². The molecule has 0 amide bonds. The van der Waals surface area contributed by atoms with Gasteiger partial charge in [-0.2, -0.15) is 0 Å². The van der Waals surface area contributed by atoms with Gasteiger partial charge in [-0.15, -0.1) is 0 Å². The van der Waals surface area contributed by atoms with Crippen molar-refractivity contribution in [2.45, 2.75) is 77.2 Å². The van der Waals surface area contributed by atoms with Crippen LogP contribution in [-0.2, 0) is 0 Å². The minimum Gasteiger partial charge on any atom is -0.312 e. The zero-order valence-electron chi connectivity index (χ0n) is 14.2. The van der Waals surface area contributed by atoms with Gasteiger partial charge in [0.2, 0.25) is 0 Å². The van der Waals surface area contributed by atoms with Gasteiger partial charge in [0.05, 0.1) is 0 Å². The molecule has 2 unspecified atom stereocenters. The van der Waals surface area contributed by atoms with Crippen LogP contribution in [0.25, 0.3) is 0 Å². The summed E-state index contributed by atoms with van der Waals surface area (Å²) in [5.41, 5.74) is 0. The molecule has 0 spiro atoms. The summed E-state index contributed by atoms with van der Waals surface area (Å²) >= 11 is 0. The van der Waals surface area contributed by atoms with Gasteiger partial charge >= 0.3 is 0 Å². The quantitative estimate of drug-likeness (QED) is 0.761. The molecule has 1 saturated heterocycles. The molecule has 0 aromatic rings. The molecule has 0 aromatic heterocycles. The summed E-state index contributed by atoms with van der Waals surface area (Å²) in [5, 5.41) is 3.93. The van der Waals surface area contributed by atoms with Gasteiger partial charge in [0.1, 0.15) is 0 Å². The molecule has 3 aliphatic rings. The molecule has 122 valence electrons. The first-order chi connectivity index (χ1) is 10.3. The first-order valence-electron chi connectivity index (χ1n) is 9.79. The summed E-state index contributed by atoms with van der Waals surface area (Å²) in [6.45, 7) is 7.74. The van der Waals surface area contributed by atoms with Gasteiger partial charge in [0.25, 0.3) is 0 Å². The Kier molecular flexibility index (Phi) is 5.99. The van der Waals surface area contributed by atoms with Crippen LogP contribution < -0.4 is 5.32 Å². The summed E-state index contributed by atoms with van der Waals surface area (Å²) in [7, 11) is 0. The molecule has 3 fully saturated rings. The van der Waals surface area contributed by atoms with Crippen LogP contribution in [0.5, 0.6) is 0 Å². The first-order valence-corrected chi connectivity index (χ1v) is 9.79. The van der Waals surface area contributed by atoms with Gasteiger partial charge in [-0.3, -0.25) is 0 Å². The maximum atomic E-state index is 3.93. The summed E-state index contributed by atoms with van der Waals surface area (Å²) < 4.78 is 0. The highest BCUT2D eigenvalue weighted by molar-refractivity contribution is 4.86. The summed E-state index contributed by atoms with van der Waals surface area (Å²) in [6, 6.07) is 0.775. The van der Waals surface area contributed by atoms with Crippen LogP contribution in [-0.4, -0.2) is 37.1 Å². The van der Waals surface area contributed by atoms with Gasteiger partial charge in [0, 0.05) is 25.7 Å². The Bertz CT molecular complexity index is 294. The van der Waals surface area contributed by atoms with Crippen LogP contribution in [0.1, 0.15) is 71.1 Å². The summed E-state index contributed by atoms with van der Waals surface area (Å²) in [5.74, 6) is 2.96. The average Bonchev–Trinajstić information content (AvgIpc) is 2.90. The molecule has 0 radical (unpaired) electrons. The Morgan fingerprint density at radius 1 is 0.905 bits per heavy atom. The second-order valence-corrected chi connectivity index (χ2v) is 8.16. The molecule has 2 heteroatoms. The van der Waals surface area contributed by atoms with Gasteiger partial charge < -0.3 is 10.2 Å². The van der Waals surface area contributed by atoms with E-state index in [1.165, 1.54) is 90.4 Å². The monoisotopic (exact) mass is 292 g/mol. The largest absolute Gasteiger partial charge is 0.312 e. The third-order valence-corrected chi connectivity index (χ3v) is 6.22. The Morgan fingerprint density at radius 2 is 1.67 bits per heavy atom. The second kappa shape index (κ2) is 7.97.